The van der Waals surface area contributed by atoms with Crippen LogP contribution in [0.15, 0.2) is 40.9 Å². The number of benzene rings is 2. The molecule has 0 aliphatic heterocycles. The number of nitrogens with one attached hydrogen (secondary N) is 1. The smallest absolute Gasteiger partial charge is 0.123 e. The predicted octanol–water partition coefficient (Wildman–Crippen LogP) is 5.25. The molecule has 0 aromatic heterocycles. The van der Waals surface area contributed by atoms with E-state index in [-0.39, 0.29) is 11.9 Å². The highest BCUT2D eigenvalue weighted by atomic mass is 79.9. The van der Waals surface area contributed by atoms with E-state index in [1.807, 2.05) is 38.1 Å². The lowest BCUT2D eigenvalue weighted by Crippen LogP contribution is -2.23. The topological polar surface area (TPSA) is 12.0 Å². The van der Waals surface area contributed by atoms with Crippen molar-refractivity contribution in [2.45, 2.75) is 19.9 Å². The quantitative estimate of drug-likeness (QED) is 0.789. The molecule has 1 nitrogen and oxygen atoms in total. The molecule has 0 radical (unpaired) electrons. The molecule has 0 saturated carbocycles. The van der Waals surface area contributed by atoms with Crippen LogP contribution in [0.5, 0.6) is 0 Å². The summed E-state index contributed by atoms with van der Waals surface area (Å²) >= 11 is 9.76. The van der Waals surface area contributed by atoms with Crippen LogP contribution in [0.3, 0.4) is 0 Å². The van der Waals surface area contributed by atoms with Crippen molar-refractivity contribution < 1.29 is 4.39 Å². The Labute approximate surface area is 132 Å². The lowest BCUT2D eigenvalue weighted by molar-refractivity contribution is 0.610. The van der Waals surface area contributed by atoms with Crippen molar-refractivity contribution in [1.29, 1.82) is 0 Å². The van der Waals surface area contributed by atoms with Gasteiger partial charge in [-0.2, -0.15) is 0 Å². The van der Waals surface area contributed by atoms with E-state index in [0.717, 1.165) is 27.7 Å². The zero-order valence-electron chi connectivity index (χ0n) is 11.4. The highest BCUT2D eigenvalue weighted by Gasteiger charge is 2.18. The van der Waals surface area contributed by atoms with Crippen LogP contribution >= 0.6 is 27.5 Å². The highest BCUT2D eigenvalue weighted by molar-refractivity contribution is 9.10. The minimum absolute atomic E-state index is 0.0406. The van der Waals surface area contributed by atoms with Gasteiger partial charge < -0.3 is 5.32 Å². The maximum atomic E-state index is 13.3. The molecule has 1 atom stereocenters. The van der Waals surface area contributed by atoms with E-state index < -0.39 is 0 Å². The van der Waals surface area contributed by atoms with Crippen molar-refractivity contribution >= 4 is 27.5 Å². The van der Waals surface area contributed by atoms with E-state index in [4.69, 9.17) is 11.6 Å². The first-order valence-corrected chi connectivity index (χ1v) is 7.64. The van der Waals surface area contributed by atoms with Gasteiger partial charge in [0.15, 0.2) is 0 Å². The Bertz CT molecular complexity index is 564. The second-order valence-corrected chi connectivity index (χ2v) is 5.98. The van der Waals surface area contributed by atoms with Crippen LogP contribution in [-0.2, 0) is 0 Å². The summed E-state index contributed by atoms with van der Waals surface area (Å²) in [5.74, 6) is -0.219. The molecule has 0 amide bonds. The molecule has 0 aliphatic carbocycles. The Balaban J connectivity index is 2.50. The normalized spacial score (nSPS) is 12.4. The summed E-state index contributed by atoms with van der Waals surface area (Å²) in [6.45, 7) is 4.75. The molecule has 1 N–H and O–H groups in total. The molecule has 1 unspecified atom stereocenters. The van der Waals surface area contributed by atoms with Crippen LogP contribution in [0.2, 0.25) is 5.02 Å². The van der Waals surface area contributed by atoms with Crippen molar-refractivity contribution in [3.63, 3.8) is 0 Å². The molecule has 2 aromatic carbocycles. The maximum Gasteiger partial charge on any atom is 0.123 e. The summed E-state index contributed by atoms with van der Waals surface area (Å²) in [6, 6.07) is 10.6. The van der Waals surface area contributed by atoms with Gasteiger partial charge in [0.25, 0.3) is 0 Å². The van der Waals surface area contributed by atoms with Crippen molar-refractivity contribution in [3.8, 4) is 0 Å². The van der Waals surface area contributed by atoms with Gasteiger partial charge in [0.05, 0.1) is 6.04 Å². The summed E-state index contributed by atoms with van der Waals surface area (Å²) in [4.78, 5) is 0. The first kappa shape index (κ1) is 15.5. The van der Waals surface area contributed by atoms with E-state index >= 15 is 0 Å². The van der Waals surface area contributed by atoms with Crippen LogP contribution in [0.25, 0.3) is 0 Å². The highest BCUT2D eigenvalue weighted by Crippen LogP contribution is 2.32. The molecule has 0 heterocycles. The van der Waals surface area contributed by atoms with Crippen LogP contribution in [0, 0.1) is 12.7 Å². The zero-order chi connectivity index (χ0) is 14.7. The Morgan fingerprint density at radius 1 is 1.20 bits per heavy atom. The van der Waals surface area contributed by atoms with E-state index in [9.17, 15) is 4.39 Å². The molecule has 0 aliphatic rings. The molecular formula is C16H16BrClFN. The monoisotopic (exact) mass is 355 g/mol. The summed E-state index contributed by atoms with van der Waals surface area (Å²) in [7, 11) is 0. The first-order chi connectivity index (χ1) is 9.52. The average molecular weight is 357 g/mol. The van der Waals surface area contributed by atoms with E-state index in [2.05, 4.69) is 21.2 Å². The van der Waals surface area contributed by atoms with Gasteiger partial charge in [0.2, 0.25) is 0 Å². The summed E-state index contributed by atoms with van der Waals surface area (Å²) in [6.07, 6.45) is 0. The van der Waals surface area contributed by atoms with Gasteiger partial charge in [-0.1, -0.05) is 46.6 Å². The van der Waals surface area contributed by atoms with Gasteiger partial charge in [0.1, 0.15) is 5.82 Å². The number of hydrogen-bond donors (Lipinski definition) is 1. The molecule has 2 aromatic rings. The maximum absolute atomic E-state index is 13.3. The fourth-order valence-electron chi connectivity index (χ4n) is 2.29. The fraction of sp³-hybridized carbons (Fsp3) is 0.250. The SMILES string of the molecule is CCNC(c1ccc(F)cc1C)c1ccc(Br)cc1Cl. The third kappa shape index (κ3) is 3.40. The van der Waals surface area contributed by atoms with Crippen molar-refractivity contribution in [1.82, 2.24) is 5.32 Å². The summed E-state index contributed by atoms with van der Waals surface area (Å²) in [5.41, 5.74) is 2.94. The van der Waals surface area contributed by atoms with Gasteiger partial charge in [0, 0.05) is 9.50 Å². The molecule has 0 spiro atoms. The largest absolute Gasteiger partial charge is 0.306 e. The standard InChI is InChI=1S/C16H16BrClFN/c1-3-20-16(13-7-5-12(19)8-10(13)2)14-6-4-11(17)9-15(14)18/h4-9,16,20H,3H2,1-2H3. The Morgan fingerprint density at radius 3 is 2.50 bits per heavy atom. The second-order valence-electron chi connectivity index (χ2n) is 4.66. The first-order valence-electron chi connectivity index (χ1n) is 6.47. The third-order valence-corrected chi connectivity index (χ3v) is 4.05. The van der Waals surface area contributed by atoms with E-state index in [0.29, 0.717) is 5.02 Å². The van der Waals surface area contributed by atoms with Crippen molar-refractivity contribution in [2.75, 3.05) is 6.54 Å². The Morgan fingerprint density at radius 2 is 1.90 bits per heavy atom. The minimum Gasteiger partial charge on any atom is -0.306 e. The number of hydrogen-bond acceptors (Lipinski definition) is 1. The van der Waals surface area contributed by atoms with Crippen LogP contribution < -0.4 is 5.32 Å². The summed E-state index contributed by atoms with van der Waals surface area (Å²) < 4.78 is 14.2. The Hall–Kier alpha value is -0.900. The van der Waals surface area contributed by atoms with Gasteiger partial charge in [-0.25, -0.2) is 4.39 Å². The predicted molar refractivity (Wildman–Crippen MR) is 85.8 cm³/mol. The van der Waals surface area contributed by atoms with Crippen LogP contribution in [-0.4, -0.2) is 6.54 Å². The fourth-order valence-corrected chi connectivity index (χ4v) is 3.07. The number of halogens is 3. The molecule has 0 fully saturated rings. The molecule has 0 bridgehead atoms. The lowest BCUT2D eigenvalue weighted by Gasteiger charge is -2.22. The molecule has 0 saturated heterocycles. The lowest BCUT2D eigenvalue weighted by atomic mass is 9.95. The Kier molecular flexibility index (Phi) is 5.19. The number of rotatable bonds is 4. The molecule has 20 heavy (non-hydrogen) atoms. The molecule has 106 valence electrons. The van der Waals surface area contributed by atoms with E-state index in [1.54, 1.807) is 6.07 Å². The minimum atomic E-state index is -0.219. The third-order valence-electron chi connectivity index (χ3n) is 3.22. The van der Waals surface area contributed by atoms with Gasteiger partial charge in [-0.3, -0.25) is 0 Å². The molecular weight excluding hydrogens is 341 g/mol. The van der Waals surface area contributed by atoms with Crippen molar-refractivity contribution in [3.05, 3.63) is 68.4 Å². The molecule has 2 rings (SSSR count). The van der Waals surface area contributed by atoms with Crippen molar-refractivity contribution in [2.24, 2.45) is 0 Å². The van der Waals surface area contributed by atoms with Crippen LogP contribution in [0.4, 0.5) is 4.39 Å². The van der Waals surface area contributed by atoms with E-state index in [1.165, 1.54) is 6.07 Å². The summed E-state index contributed by atoms with van der Waals surface area (Å²) in [5, 5.41) is 4.10. The van der Waals surface area contributed by atoms with Gasteiger partial charge >= 0.3 is 0 Å². The van der Waals surface area contributed by atoms with Gasteiger partial charge in [-0.15, -0.1) is 0 Å². The molecule has 4 heteroatoms. The van der Waals surface area contributed by atoms with Crippen LogP contribution in [0.1, 0.15) is 29.7 Å². The van der Waals surface area contributed by atoms with Gasteiger partial charge in [-0.05, 0) is 54.4 Å². The average Bonchev–Trinajstić information content (AvgIpc) is 2.37. The number of aryl methyl sites for hydroxylation is 1. The second kappa shape index (κ2) is 6.70. The zero-order valence-corrected chi connectivity index (χ0v) is 13.7.